The van der Waals surface area contributed by atoms with Crippen molar-refractivity contribution in [2.24, 2.45) is 0 Å². The second kappa shape index (κ2) is 2.84. The molecule has 1 aromatic carbocycles. The van der Waals surface area contributed by atoms with Gasteiger partial charge in [0.05, 0.1) is 17.4 Å². The van der Waals surface area contributed by atoms with Crippen LogP contribution in [0.25, 0.3) is 22.2 Å². The summed E-state index contributed by atoms with van der Waals surface area (Å²) in [7, 11) is 0. The minimum atomic E-state index is -0.453. The van der Waals surface area contributed by atoms with E-state index in [1.165, 1.54) is 6.26 Å². The van der Waals surface area contributed by atoms with E-state index in [-0.39, 0.29) is 0 Å². The standard InChI is InChI=1S/C10H7N3O2/c14-10-12-9(5-15-10)6-2-1-3-8-7(6)4-11-13-8/h1-5H,(H,11,13)(H,12,14). The molecular formula is C10H7N3O2. The van der Waals surface area contributed by atoms with E-state index in [0.29, 0.717) is 5.69 Å². The molecule has 0 saturated heterocycles. The van der Waals surface area contributed by atoms with Gasteiger partial charge in [0, 0.05) is 10.9 Å². The fourth-order valence-electron chi connectivity index (χ4n) is 1.62. The van der Waals surface area contributed by atoms with Gasteiger partial charge >= 0.3 is 5.76 Å². The van der Waals surface area contributed by atoms with Crippen LogP contribution in [0.2, 0.25) is 0 Å². The molecular weight excluding hydrogens is 194 g/mol. The molecule has 0 bridgehead atoms. The smallest absolute Gasteiger partial charge is 0.416 e. The van der Waals surface area contributed by atoms with E-state index in [2.05, 4.69) is 15.2 Å². The summed E-state index contributed by atoms with van der Waals surface area (Å²) in [5.74, 6) is -0.453. The van der Waals surface area contributed by atoms with Crippen molar-refractivity contribution in [3.63, 3.8) is 0 Å². The quantitative estimate of drug-likeness (QED) is 0.626. The molecule has 2 heterocycles. The van der Waals surface area contributed by atoms with Crippen LogP contribution in [0.1, 0.15) is 0 Å². The highest BCUT2D eigenvalue weighted by Gasteiger charge is 2.07. The SMILES string of the molecule is O=c1[nH]c(-c2cccc3[nH]ncc23)co1. The molecule has 5 heteroatoms. The molecule has 0 saturated carbocycles. The van der Waals surface area contributed by atoms with Crippen LogP contribution in [0.4, 0.5) is 0 Å². The number of aromatic amines is 2. The Bertz CT molecular complexity index is 662. The minimum Gasteiger partial charge on any atom is -0.416 e. The van der Waals surface area contributed by atoms with Gasteiger partial charge in [-0.05, 0) is 6.07 Å². The molecule has 15 heavy (non-hydrogen) atoms. The molecule has 2 N–H and O–H groups in total. The maximum Gasteiger partial charge on any atom is 0.416 e. The van der Waals surface area contributed by atoms with Crippen molar-refractivity contribution < 1.29 is 4.42 Å². The zero-order valence-electron chi connectivity index (χ0n) is 7.65. The van der Waals surface area contributed by atoms with E-state index in [1.807, 2.05) is 18.2 Å². The summed E-state index contributed by atoms with van der Waals surface area (Å²) in [5, 5.41) is 7.76. The zero-order chi connectivity index (χ0) is 10.3. The van der Waals surface area contributed by atoms with E-state index in [4.69, 9.17) is 4.42 Å². The van der Waals surface area contributed by atoms with Crippen LogP contribution in [0.15, 0.2) is 39.9 Å². The molecule has 0 atom stereocenters. The molecule has 0 aliphatic heterocycles. The zero-order valence-corrected chi connectivity index (χ0v) is 7.65. The third-order valence-electron chi connectivity index (χ3n) is 2.30. The Balaban J connectivity index is 2.35. The molecule has 5 nitrogen and oxygen atoms in total. The number of nitrogens with zero attached hydrogens (tertiary/aromatic N) is 1. The molecule has 3 aromatic rings. The van der Waals surface area contributed by atoms with Gasteiger partial charge in [-0.1, -0.05) is 12.1 Å². The summed E-state index contributed by atoms with van der Waals surface area (Å²) < 4.78 is 4.70. The molecule has 2 aromatic heterocycles. The van der Waals surface area contributed by atoms with Gasteiger partial charge in [0.1, 0.15) is 6.26 Å². The number of H-pyrrole nitrogens is 2. The summed E-state index contributed by atoms with van der Waals surface area (Å²) in [5.41, 5.74) is 2.48. The van der Waals surface area contributed by atoms with Gasteiger partial charge in [0.15, 0.2) is 0 Å². The lowest BCUT2D eigenvalue weighted by molar-refractivity contribution is 0.515. The van der Waals surface area contributed by atoms with E-state index >= 15 is 0 Å². The average Bonchev–Trinajstić information content (AvgIpc) is 2.84. The first-order valence-electron chi connectivity index (χ1n) is 4.45. The van der Waals surface area contributed by atoms with Gasteiger partial charge in [-0.3, -0.25) is 10.1 Å². The first kappa shape index (κ1) is 8.05. The Kier molecular flexibility index (Phi) is 1.53. The number of rotatable bonds is 1. The Morgan fingerprint density at radius 1 is 1.33 bits per heavy atom. The normalized spacial score (nSPS) is 10.9. The number of oxazole rings is 1. The van der Waals surface area contributed by atoms with Crippen LogP contribution in [0.3, 0.4) is 0 Å². The van der Waals surface area contributed by atoms with Crippen molar-refractivity contribution in [2.45, 2.75) is 0 Å². The number of hydrogen-bond acceptors (Lipinski definition) is 3. The van der Waals surface area contributed by atoms with E-state index in [1.54, 1.807) is 6.20 Å². The maximum atomic E-state index is 10.9. The average molecular weight is 201 g/mol. The number of benzene rings is 1. The predicted octanol–water partition coefficient (Wildman–Crippen LogP) is 1.51. The van der Waals surface area contributed by atoms with E-state index in [9.17, 15) is 4.79 Å². The second-order valence-corrected chi connectivity index (χ2v) is 3.20. The summed E-state index contributed by atoms with van der Waals surface area (Å²) >= 11 is 0. The first-order valence-corrected chi connectivity index (χ1v) is 4.45. The third-order valence-corrected chi connectivity index (χ3v) is 2.30. The van der Waals surface area contributed by atoms with Gasteiger partial charge in [-0.25, -0.2) is 4.79 Å². The number of fused-ring (bicyclic) bond motifs is 1. The second-order valence-electron chi connectivity index (χ2n) is 3.20. The fourth-order valence-corrected chi connectivity index (χ4v) is 1.62. The van der Waals surface area contributed by atoms with Crippen LogP contribution in [-0.4, -0.2) is 15.2 Å². The predicted molar refractivity (Wildman–Crippen MR) is 54.4 cm³/mol. The number of aromatic nitrogens is 3. The molecule has 74 valence electrons. The molecule has 0 unspecified atom stereocenters. The molecule has 0 aliphatic carbocycles. The molecule has 3 rings (SSSR count). The van der Waals surface area contributed by atoms with Crippen molar-refractivity contribution >= 4 is 10.9 Å². The topological polar surface area (TPSA) is 74.7 Å². The lowest BCUT2D eigenvalue weighted by Crippen LogP contribution is -1.94. The van der Waals surface area contributed by atoms with Crippen LogP contribution in [0, 0.1) is 0 Å². The molecule has 0 spiro atoms. The van der Waals surface area contributed by atoms with Gasteiger partial charge in [0.2, 0.25) is 0 Å². The van der Waals surface area contributed by atoms with Gasteiger partial charge in [0.25, 0.3) is 0 Å². The van der Waals surface area contributed by atoms with Crippen molar-refractivity contribution in [2.75, 3.05) is 0 Å². The summed E-state index contributed by atoms with van der Waals surface area (Å²) in [6, 6.07) is 5.71. The van der Waals surface area contributed by atoms with Crippen LogP contribution in [-0.2, 0) is 0 Å². The van der Waals surface area contributed by atoms with E-state index < -0.39 is 5.76 Å². The van der Waals surface area contributed by atoms with Crippen molar-refractivity contribution in [3.8, 4) is 11.3 Å². The lowest BCUT2D eigenvalue weighted by Gasteiger charge is -1.97. The van der Waals surface area contributed by atoms with Crippen molar-refractivity contribution in [1.82, 2.24) is 15.2 Å². The Labute approximate surface area is 83.7 Å². The van der Waals surface area contributed by atoms with Crippen molar-refractivity contribution in [1.29, 1.82) is 0 Å². The molecule has 0 amide bonds. The minimum absolute atomic E-state index is 0.453. The van der Waals surface area contributed by atoms with E-state index in [0.717, 1.165) is 16.5 Å². The molecule has 0 fully saturated rings. The first-order chi connectivity index (χ1) is 7.34. The van der Waals surface area contributed by atoms with Gasteiger partial charge in [-0.15, -0.1) is 0 Å². The maximum absolute atomic E-state index is 10.9. The Morgan fingerprint density at radius 3 is 3.07 bits per heavy atom. The largest absolute Gasteiger partial charge is 0.416 e. The van der Waals surface area contributed by atoms with Crippen LogP contribution >= 0.6 is 0 Å². The number of nitrogens with one attached hydrogen (secondary N) is 2. The highest BCUT2D eigenvalue weighted by Crippen LogP contribution is 2.24. The van der Waals surface area contributed by atoms with Crippen molar-refractivity contribution in [3.05, 3.63) is 41.2 Å². The Hall–Kier alpha value is -2.30. The molecule has 0 radical (unpaired) electrons. The Morgan fingerprint density at radius 2 is 2.27 bits per heavy atom. The third kappa shape index (κ3) is 1.17. The van der Waals surface area contributed by atoms with Gasteiger partial charge < -0.3 is 4.42 Å². The van der Waals surface area contributed by atoms with Crippen LogP contribution < -0.4 is 5.76 Å². The van der Waals surface area contributed by atoms with Crippen LogP contribution in [0.5, 0.6) is 0 Å². The van der Waals surface area contributed by atoms with Gasteiger partial charge in [-0.2, -0.15) is 5.10 Å². The highest BCUT2D eigenvalue weighted by molar-refractivity contribution is 5.92. The summed E-state index contributed by atoms with van der Waals surface area (Å²) in [6.45, 7) is 0. The molecule has 0 aliphatic rings. The highest BCUT2D eigenvalue weighted by atomic mass is 16.4. The summed E-state index contributed by atoms with van der Waals surface area (Å²) in [4.78, 5) is 13.5. The monoisotopic (exact) mass is 201 g/mol. The summed E-state index contributed by atoms with van der Waals surface area (Å²) in [6.07, 6.45) is 3.13. The fraction of sp³-hybridized carbons (Fsp3) is 0. The number of hydrogen-bond donors (Lipinski definition) is 2. The lowest BCUT2D eigenvalue weighted by atomic mass is 10.1.